The molecule has 24 heavy (non-hydrogen) atoms. The van der Waals surface area contributed by atoms with E-state index in [2.05, 4.69) is 34.1 Å². The first kappa shape index (κ1) is 16.5. The second-order valence-corrected chi connectivity index (χ2v) is 8.45. The summed E-state index contributed by atoms with van der Waals surface area (Å²) in [5.41, 5.74) is 1.18. The minimum absolute atomic E-state index is 0.681. The molecule has 0 aliphatic carbocycles. The molecule has 2 aliphatic heterocycles. The number of thiazole rings is 1. The molecule has 0 amide bonds. The van der Waals surface area contributed by atoms with Crippen LogP contribution in [0.25, 0.3) is 10.2 Å². The summed E-state index contributed by atoms with van der Waals surface area (Å²) < 4.78 is 1.34. The maximum absolute atomic E-state index is 4.88. The summed E-state index contributed by atoms with van der Waals surface area (Å²) in [6.45, 7) is 7.75. The highest BCUT2D eigenvalue weighted by Crippen LogP contribution is 2.33. The summed E-state index contributed by atoms with van der Waals surface area (Å²) in [4.78, 5) is 10.2. The van der Waals surface area contributed by atoms with E-state index in [1.54, 1.807) is 0 Å². The van der Waals surface area contributed by atoms with Crippen molar-refractivity contribution in [1.82, 2.24) is 14.8 Å². The average molecular weight is 344 g/mol. The van der Waals surface area contributed by atoms with Crippen molar-refractivity contribution >= 4 is 21.6 Å². The zero-order valence-corrected chi connectivity index (χ0v) is 15.4. The maximum Gasteiger partial charge on any atom is 0.0970 e. The molecule has 0 unspecified atom stereocenters. The zero-order valence-electron chi connectivity index (χ0n) is 14.6. The third kappa shape index (κ3) is 3.98. The molecule has 2 saturated heterocycles. The Kier molecular flexibility index (Phi) is 5.46. The molecule has 0 atom stereocenters. The number of piperidine rings is 2. The van der Waals surface area contributed by atoms with Gasteiger partial charge in [-0.25, -0.2) is 4.98 Å². The Bertz CT molecular complexity index is 606. The summed E-state index contributed by atoms with van der Waals surface area (Å²) >= 11 is 1.91. The van der Waals surface area contributed by atoms with Gasteiger partial charge in [-0.3, -0.25) is 0 Å². The number of aromatic nitrogens is 1. The van der Waals surface area contributed by atoms with Crippen LogP contribution in [0.15, 0.2) is 24.3 Å². The first-order chi connectivity index (χ1) is 11.9. The van der Waals surface area contributed by atoms with Gasteiger partial charge in [-0.1, -0.05) is 18.6 Å². The van der Waals surface area contributed by atoms with Crippen LogP contribution in [0.1, 0.15) is 49.5 Å². The van der Waals surface area contributed by atoms with Crippen molar-refractivity contribution in [2.45, 2.75) is 44.4 Å². The van der Waals surface area contributed by atoms with Crippen LogP contribution in [0.3, 0.4) is 0 Å². The van der Waals surface area contributed by atoms with E-state index < -0.39 is 0 Å². The van der Waals surface area contributed by atoms with Crippen molar-refractivity contribution in [2.24, 2.45) is 0 Å². The van der Waals surface area contributed by atoms with Crippen LogP contribution in [0.5, 0.6) is 0 Å². The molecule has 0 N–H and O–H groups in total. The molecular weight excluding hydrogens is 314 g/mol. The third-order valence-corrected chi connectivity index (χ3v) is 6.84. The minimum Gasteiger partial charge on any atom is -0.303 e. The van der Waals surface area contributed by atoms with Gasteiger partial charge in [0.2, 0.25) is 0 Å². The van der Waals surface area contributed by atoms with Crippen molar-refractivity contribution in [1.29, 1.82) is 0 Å². The fraction of sp³-hybridized carbons (Fsp3) is 0.650. The minimum atomic E-state index is 0.681. The summed E-state index contributed by atoms with van der Waals surface area (Å²) in [7, 11) is 0. The van der Waals surface area contributed by atoms with E-state index in [0.717, 1.165) is 0 Å². The van der Waals surface area contributed by atoms with Gasteiger partial charge in [0.1, 0.15) is 0 Å². The summed E-state index contributed by atoms with van der Waals surface area (Å²) in [5, 5.41) is 1.36. The van der Waals surface area contributed by atoms with Gasteiger partial charge in [-0.05, 0) is 83.5 Å². The van der Waals surface area contributed by atoms with E-state index in [1.165, 1.54) is 93.0 Å². The lowest BCUT2D eigenvalue weighted by Gasteiger charge is -2.32. The monoisotopic (exact) mass is 343 g/mol. The predicted octanol–water partition coefficient (Wildman–Crippen LogP) is 4.35. The van der Waals surface area contributed by atoms with E-state index in [1.807, 2.05) is 11.3 Å². The van der Waals surface area contributed by atoms with Gasteiger partial charge < -0.3 is 9.80 Å². The Morgan fingerprint density at radius 1 is 0.917 bits per heavy atom. The van der Waals surface area contributed by atoms with Crippen molar-refractivity contribution in [3.8, 4) is 0 Å². The average Bonchev–Trinajstić information content (AvgIpc) is 3.07. The van der Waals surface area contributed by atoms with Crippen molar-refractivity contribution < 1.29 is 0 Å². The van der Waals surface area contributed by atoms with E-state index in [0.29, 0.717) is 5.92 Å². The molecule has 1 aromatic carbocycles. The molecule has 1 aromatic heterocycles. The lowest BCUT2D eigenvalue weighted by molar-refractivity contribution is 0.180. The number of rotatable bonds is 5. The van der Waals surface area contributed by atoms with Gasteiger partial charge in [0.15, 0.2) is 0 Å². The fourth-order valence-corrected chi connectivity index (χ4v) is 5.31. The van der Waals surface area contributed by atoms with Crippen LogP contribution < -0.4 is 0 Å². The van der Waals surface area contributed by atoms with E-state index in [4.69, 9.17) is 4.98 Å². The molecule has 2 aliphatic rings. The molecule has 0 bridgehead atoms. The fourth-order valence-electron chi connectivity index (χ4n) is 4.17. The third-order valence-electron chi connectivity index (χ3n) is 5.64. The van der Waals surface area contributed by atoms with Crippen LogP contribution in [0.4, 0.5) is 0 Å². The van der Waals surface area contributed by atoms with Crippen LogP contribution in [-0.2, 0) is 0 Å². The Labute approximate surface area is 149 Å². The number of hydrogen-bond acceptors (Lipinski definition) is 4. The molecule has 3 heterocycles. The Morgan fingerprint density at radius 2 is 1.62 bits per heavy atom. The van der Waals surface area contributed by atoms with Gasteiger partial charge in [0.25, 0.3) is 0 Å². The normalized spacial score (nSPS) is 21.5. The molecule has 3 nitrogen and oxygen atoms in total. The highest BCUT2D eigenvalue weighted by molar-refractivity contribution is 7.18. The Hall–Kier alpha value is -0.970. The quantitative estimate of drug-likeness (QED) is 0.804. The largest absolute Gasteiger partial charge is 0.303 e. The highest BCUT2D eigenvalue weighted by Gasteiger charge is 2.23. The lowest BCUT2D eigenvalue weighted by atomic mass is 9.97. The molecule has 4 heteroatoms. The summed E-state index contributed by atoms with van der Waals surface area (Å²) in [6, 6.07) is 8.56. The maximum atomic E-state index is 4.88. The van der Waals surface area contributed by atoms with Gasteiger partial charge in [-0.15, -0.1) is 11.3 Å². The van der Waals surface area contributed by atoms with Crippen molar-refractivity contribution in [3.63, 3.8) is 0 Å². The van der Waals surface area contributed by atoms with E-state index in [-0.39, 0.29) is 0 Å². The molecule has 0 spiro atoms. The Balaban J connectivity index is 1.23. The van der Waals surface area contributed by atoms with Gasteiger partial charge in [-0.2, -0.15) is 0 Å². The number of para-hydroxylation sites is 1. The SMILES string of the molecule is c1ccc2sc(C3CCN(CCCN4CCCCC4)CC3)nc2c1. The number of nitrogens with zero attached hydrogens (tertiary/aromatic N) is 3. The molecule has 0 saturated carbocycles. The number of likely N-dealkylation sites (tertiary alicyclic amines) is 2. The van der Waals surface area contributed by atoms with E-state index in [9.17, 15) is 0 Å². The topological polar surface area (TPSA) is 19.4 Å². The summed E-state index contributed by atoms with van der Waals surface area (Å²) in [5.74, 6) is 0.681. The molecule has 2 aromatic rings. The van der Waals surface area contributed by atoms with Crippen molar-refractivity contribution in [3.05, 3.63) is 29.3 Å². The predicted molar refractivity (Wildman–Crippen MR) is 103 cm³/mol. The number of hydrogen-bond donors (Lipinski definition) is 0. The second kappa shape index (κ2) is 7.94. The van der Waals surface area contributed by atoms with Crippen LogP contribution in [-0.4, -0.2) is 54.1 Å². The zero-order chi connectivity index (χ0) is 16.2. The Morgan fingerprint density at radius 3 is 2.38 bits per heavy atom. The first-order valence-electron chi connectivity index (χ1n) is 9.69. The number of fused-ring (bicyclic) bond motifs is 1. The van der Waals surface area contributed by atoms with Gasteiger partial charge in [0, 0.05) is 5.92 Å². The van der Waals surface area contributed by atoms with Crippen LogP contribution >= 0.6 is 11.3 Å². The first-order valence-corrected chi connectivity index (χ1v) is 10.5. The highest BCUT2D eigenvalue weighted by atomic mass is 32.1. The second-order valence-electron chi connectivity index (χ2n) is 7.39. The van der Waals surface area contributed by atoms with Crippen LogP contribution in [0.2, 0.25) is 0 Å². The molecule has 2 fully saturated rings. The van der Waals surface area contributed by atoms with Crippen LogP contribution in [0, 0.1) is 0 Å². The van der Waals surface area contributed by atoms with Crippen molar-refractivity contribution in [2.75, 3.05) is 39.3 Å². The van der Waals surface area contributed by atoms with E-state index >= 15 is 0 Å². The lowest BCUT2D eigenvalue weighted by Crippen LogP contribution is -2.36. The van der Waals surface area contributed by atoms with Gasteiger partial charge in [0.05, 0.1) is 15.2 Å². The molecule has 130 valence electrons. The summed E-state index contributed by atoms with van der Waals surface area (Å²) in [6.07, 6.45) is 8.16. The molecular formula is C20H29N3S. The number of benzene rings is 1. The van der Waals surface area contributed by atoms with Gasteiger partial charge >= 0.3 is 0 Å². The smallest absolute Gasteiger partial charge is 0.0970 e. The molecule has 0 radical (unpaired) electrons. The standard InChI is InChI=1S/C20H29N3S/c1-4-11-22(12-5-1)13-6-14-23-15-9-17(10-16-23)20-21-18-7-2-3-8-19(18)24-20/h2-3,7-8,17H,1,4-6,9-16H2. The molecule has 4 rings (SSSR count).